The fourth-order valence-corrected chi connectivity index (χ4v) is 4.99. The summed E-state index contributed by atoms with van der Waals surface area (Å²) in [5.74, 6) is -5.11. The molecule has 5 rings (SSSR count). The van der Waals surface area contributed by atoms with Crippen molar-refractivity contribution in [1.29, 1.82) is 0 Å². The molecule has 2 aromatic carbocycles. The molecule has 1 aliphatic heterocycles. The number of fused-ring (bicyclic) bond motifs is 1. The number of amides is 1. The molecule has 210 valence electrons. The minimum Gasteiger partial charge on any atom is -0.493 e. The molecule has 1 aliphatic rings. The average Bonchev–Trinajstić information content (AvgIpc) is 3.36. The first-order valence-electron chi connectivity index (χ1n) is 12.8. The van der Waals surface area contributed by atoms with Crippen LogP contribution in [0.1, 0.15) is 22.8 Å². The van der Waals surface area contributed by atoms with E-state index in [9.17, 15) is 15.0 Å². The zero-order valence-corrected chi connectivity index (χ0v) is 22.7. The smallest absolute Gasteiger partial charge is 0.350 e. The lowest BCUT2D eigenvalue weighted by Gasteiger charge is -2.34. The molecule has 4 N–H and O–H groups in total. The summed E-state index contributed by atoms with van der Waals surface area (Å²) in [6.45, 7) is 3.27. The molecular weight excluding hydrogens is 542 g/mol. The lowest BCUT2D eigenvalue weighted by atomic mass is 10.0. The molecule has 9 nitrogen and oxygen atoms in total. The number of likely N-dealkylation sites (N-methyl/N-ethyl adjacent to an activating group) is 1. The highest BCUT2D eigenvalue weighted by molar-refractivity contribution is 6.30. The molecule has 1 fully saturated rings. The number of H-pyrrole nitrogens is 1. The predicted octanol–water partition coefficient (Wildman–Crippen LogP) is 4.30. The van der Waals surface area contributed by atoms with Crippen LogP contribution in [0.2, 0.25) is 5.02 Å². The minimum atomic E-state index is -3.73. The maximum absolute atomic E-state index is 15.4. The van der Waals surface area contributed by atoms with Gasteiger partial charge in [0.15, 0.2) is 0 Å². The van der Waals surface area contributed by atoms with E-state index in [-0.39, 0.29) is 42.4 Å². The number of nitrogens with one attached hydrogen (secondary N) is 2. The third kappa shape index (κ3) is 5.45. The van der Waals surface area contributed by atoms with Crippen LogP contribution in [0.4, 0.5) is 14.5 Å². The Morgan fingerprint density at radius 2 is 1.95 bits per heavy atom. The second kappa shape index (κ2) is 11.0. The van der Waals surface area contributed by atoms with E-state index in [0.717, 1.165) is 0 Å². The van der Waals surface area contributed by atoms with E-state index >= 15 is 8.78 Å². The van der Waals surface area contributed by atoms with E-state index in [1.54, 1.807) is 37.3 Å². The number of pyridine rings is 1. The number of hydrogen-bond donors (Lipinski definition) is 4. The average molecular weight is 571 g/mol. The normalized spacial score (nSPS) is 15.4. The van der Waals surface area contributed by atoms with Crippen LogP contribution in [0.25, 0.3) is 22.4 Å². The van der Waals surface area contributed by atoms with Gasteiger partial charge < -0.3 is 30.3 Å². The van der Waals surface area contributed by atoms with Gasteiger partial charge in [-0.3, -0.25) is 4.79 Å². The van der Waals surface area contributed by atoms with Crippen LogP contribution >= 0.6 is 11.6 Å². The van der Waals surface area contributed by atoms with Gasteiger partial charge in [0, 0.05) is 49.5 Å². The first kappa shape index (κ1) is 27.8. The van der Waals surface area contributed by atoms with Crippen LogP contribution in [-0.2, 0) is 10.7 Å². The monoisotopic (exact) mass is 570 g/mol. The number of benzene rings is 2. The van der Waals surface area contributed by atoms with Crippen molar-refractivity contribution in [3.05, 3.63) is 70.4 Å². The molecule has 0 radical (unpaired) electrons. The van der Waals surface area contributed by atoms with E-state index < -0.39 is 23.5 Å². The number of aryl methyl sites for hydroxylation is 1. The molecule has 3 heterocycles. The second-order valence-electron chi connectivity index (χ2n) is 9.95. The Morgan fingerprint density at radius 3 is 2.67 bits per heavy atom. The van der Waals surface area contributed by atoms with E-state index in [2.05, 4.69) is 20.3 Å². The number of aromatic amines is 1. The molecule has 0 spiro atoms. The summed E-state index contributed by atoms with van der Waals surface area (Å²) >= 11 is 6.03. The first-order chi connectivity index (χ1) is 19.0. The highest BCUT2D eigenvalue weighted by Gasteiger charge is 2.45. The number of rotatable bonds is 7. The summed E-state index contributed by atoms with van der Waals surface area (Å²) in [6.07, 6.45) is 0.492. The number of aromatic hydroxyl groups is 1. The number of carbonyl (C=O) groups excluding carboxylic acids is 1. The van der Waals surface area contributed by atoms with Crippen molar-refractivity contribution in [3.8, 4) is 17.3 Å². The molecule has 0 aliphatic carbocycles. The van der Waals surface area contributed by atoms with Gasteiger partial charge in [-0.1, -0.05) is 23.7 Å². The van der Waals surface area contributed by atoms with Gasteiger partial charge in [0.2, 0.25) is 5.88 Å². The summed E-state index contributed by atoms with van der Waals surface area (Å²) in [5.41, 5.74) is 1.95. The third-order valence-corrected chi connectivity index (χ3v) is 7.33. The molecule has 1 atom stereocenters. The maximum atomic E-state index is 15.4. The lowest BCUT2D eigenvalue weighted by molar-refractivity contribution is -0.160. The van der Waals surface area contributed by atoms with Crippen LogP contribution < -0.4 is 5.32 Å². The molecule has 2 aromatic heterocycles. The Labute approximate surface area is 234 Å². The quantitative estimate of drug-likeness (QED) is 0.262. The minimum absolute atomic E-state index is 0.0842. The number of aliphatic hydroxyl groups is 1. The molecule has 40 heavy (non-hydrogen) atoms. The van der Waals surface area contributed by atoms with Crippen molar-refractivity contribution in [2.75, 3.05) is 45.1 Å². The second-order valence-corrected chi connectivity index (χ2v) is 10.4. The van der Waals surface area contributed by atoms with Crippen molar-refractivity contribution >= 4 is 34.2 Å². The Balaban J connectivity index is 1.44. The molecular formula is C28H29ClF2N6O3. The first-order valence-corrected chi connectivity index (χ1v) is 13.1. The highest BCUT2D eigenvalue weighted by atomic mass is 35.5. The molecule has 4 aromatic rings. The van der Waals surface area contributed by atoms with E-state index in [4.69, 9.17) is 11.6 Å². The number of alkyl halides is 2. The number of piperazine rings is 1. The van der Waals surface area contributed by atoms with Crippen LogP contribution in [0, 0.1) is 6.92 Å². The van der Waals surface area contributed by atoms with Crippen molar-refractivity contribution in [2.45, 2.75) is 19.0 Å². The maximum Gasteiger partial charge on any atom is 0.350 e. The Kier molecular flexibility index (Phi) is 7.63. The standard InChI is InChI=1S/C28H29ClF2N6O3/c1-16-12-18(28(30,31)27(40)37-10-8-36(2)9-11-37)14-21-24(16)35-25(34-21)23-20(6-7-32-26(23)39)33-15-22(38)17-4-3-5-19(29)13-17/h3-7,12-14,22,38H,8-11,15H2,1-2H3,(H,34,35)(H2,32,33,39)/t22-/m0/s1. The zero-order chi connectivity index (χ0) is 28.6. The van der Waals surface area contributed by atoms with Gasteiger partial charge in [-0.05, 0) is 55.4 Å². The molecule has 1 amide bonds. The van der Waals surface area contributed by atoms with Crippen molar-refractivity contribution in [2.24, 2.45) is 0 Å². The van der Waals surface area contributed by atoms with Gasteiger partial charge in [0.05, 0.1) is 22.8 Å². The number of aliphatic hydroxyl groups excluding tert-OH is 1. The fraction of sp³-hybridized carbons (Fsp3) is 0.321. The van der Waals surface area contributed by atoms with Gasteiger partial charge in [-0.25, -0.2) is 9.97 Å². The Hall–Kier alpha value is -3.80. The summed E-state index contributed by atoms with van der Waals surface area (Å²) in [6, 6.07) is 10.9. The molecule has 0 saturated carbocycles. The summed E-state index contributed by atoms with van der Waals surface area (Å²) < 4.78 is 30.8. The van der Waals surface area contributed by atoms with Gasteiger partial charge >= 0.3 is 5.92 Å². The SMILES string of the molecule is Cc1cc(C(F)(F)C(=O)N2CCN(C)CC2)cc2nc(-c3c(NC[C@H](O)c4cccc(Cl)c4)ccnc3O)[nH]c12. The van der Waals surface area contributed by atoms with E-state index in [1.165, 1.54) is 23.2 Å². The van der Waals surface area contributed by atoms with Crippen molar-refractivity contribution in [1.82, 2.24) is 24.8 Å². The van der Waals surface area contributed by atoms with Crippen molar-refractivity contribution < 1.29 is 23.8 Å². The topological polar surface area (TPSA) is 118 Å². The lowest BCUT2D eigenvalue weighted by Crippen LogP contribution is -2.51. The highest BCUT2D eigenvalue weighted by Crippen LogP contribution is 2.37. The summed E-state index contributed by atoms with van der Waals surface area (Å²) in [5, 5.41) is 24.8. The van der Waals surface area contributed by atoms with Crippen LogP contribution in [0.15, 0.2) is 48.7 Å². The Morgan fingerprint density at radius 1 is 1.20 bits per heavy atom. The van der Waals surface area contributed by atoms with Gasteiger partial charge in [-0.2, -0.15) is 8.78 Å². The number of hydrogen-bond acceptors (Lipinski definition) is 7. The van der Waals surface area contributed by atoms with E-state index in [1.807, 2.05) is 11.9 Å². The summed E-state index contributed by atoms with van der Waals surface area (Å²) in [7, 11) is 1.88. The molecule has 0 unspecified atom stereocenters. The van der Waals surface area contributed by atoms with Gasteiger partial charge in [0.25, 0.3) is 5.91 Å². The molecule has 0 bridgehead atoms. The van der Waals surface area contributed by atoms with Crippen LogP contribution in [0.3, 0.4) is 0 Å². The number of imidazole rings is 1. The molecule has 1 saturated heterocycles. The Bertz CT molecular complexity index is 1550. The number of nitrogens with zero attached hydrogens (tertiary/aromatic N) is 4. The number of carbonyl (C=O) groups is 1. The van der Waals surface area contributed by atoms with E-state index in [0.29, 0.717) is 40.4 Å². The number of aromatic nitrogens is 3. The van der Waals surface area contributed by atoms with Crippen LogP contribution in [0.5, 0.6) is 5.88 Å². The predicted molar refractivity (Wildman–Crippen MR) is 149 cm³/mol. The van der Waals surface area contributed by atoms with Crippen LogP contribution in [-0.4, -0.2) is 80.6 Å². The summed E-state index contributed by atoms with van der Waals surface area (Å²) in [4.78, 5) is 27.5. The van der Waals surface area contributed by atoms with Crippen molar-refractivity contribution in [3.63, 3.8) is 0 Å². The number of halogens is 3. The zero-order valence-electron chi connectivity index (χ0n) is 22.0. The third-order valence-electron chi connectivity index (χ3n) is 7.10. The van der Waals surface area contributed by atoms with Gasteiger partial charge in [0.1, 0.15) is 11.4 Å². The largest absolute Gasteiger partial charge is 0.493 e. The van der Waals surface area contributed by atoms with Gasteiger partial charge in [-0.15, -0.1) is 0 Å². The molecule has 12 heteroatoms. The number of anilines is 1. The fourth-order valence-electron chi connectivity index (χ4n) is 4.79.